The van der Waals surface area contributed by atoms with E-state index in [1.165, 1.54) is 0 Å². The van der Waals surface area contributed by atoms with E-state index in [1.807, 2.05) is 20.8 Å². The number of anilines is 1. The summed E-state index contributed by atoms with van der Waals surface area (Å²) >= 11 is 0. The molecular formula is C16H26N4O3. The average Bonchev–Trinajstić information content (AvgIpc) is 3.10. The summed E-state index contributed by atoms with van der Waals surface area (Å²) < 4.78 is 7.33. The standard InChI is InChI=1S/C16H26N4O3/c1-11(18-15(22)16(2,3)4)14(21)19-12-8-17-20(9-12)10-13-6-5-7-23-13/h8-9,11,13H,5-7,10H2,1-4H3,(H,18,22)(H,19,21). The maximum Gasteiger partial charge on any atom is 0.246 e. The van der Waals surface area contributed by atoms with Crippen LogP contribution >= 0.6 is 0 Å². The Morgan fingerprint density at radius 2 is 2.22 bits per heavy atom. The van der Waals surface area contributed by atoms with Crippen LogP contribution in [0.15, 0.2) is 12.4 Å². The van der Waals surface area contributed by atoms with E-state index < -0.39 is 11.5 Å². The Balaban J connectivity index is 1.85. The Hall–Kier alpha value is -1.89. The highest BCUT2D eigenvalue weighted by Crippen LogP contribution is 2.15. The zero-order valence-electron chi connectivity index (χ0n) is 14.3. The van der Waals surface area contributed by atoms with Crippen LogP contribution in [0.3, 0.4) is 0 Å². The highest BCUT2D eigenvalue weighted by Gasteiger charge is 2.25. The van der Waals surface area contributed by atoms with E-state index in [0.717, 1.165) is 19.4 Å². The summed E-state index contributed by atoms with van der Waals surface area (Å²) in [6.45, 7) is 8.58. The Kier molecular flexibility index (Phi) is 5.41. The second-order valence-corrected chi connectivity index (χ2v) is 7.02. The zero-order valence-corrected chi connectivity index (χ0v) is 14.3. The molecule has 0 saturated carbocycles. The van der Waals surface area contributed by atoms with E-state index in [9.17, 15) is 9.59 Å². The number of nitrogens with one attached hydrogen (secondary N) is 2. The summed E-state index contributed by atoms with van der Waals surface area (Å²) in [6, 6.07) is -0.608. The molecule has 0 aromatic carbocycles. The van der Waals surface area contributed by atoms with Crippen LogP contribution in [0, 0.1) is 5.41 Å². The van der Waals surface area contributed by atoms with Gasteiger partial charge in [-0.1, -0.05) is 20.8 Å². The van der Waals surface area contributed by atoms with Crippen LogP contribution in [0.1, 0.15) is 40.5 Å². The molecule has 1 saturated heterocycles. The first kappa shape index (κ1) is 17.5. The second kappa shape index (κ2) is 7.12. The first-order valence-electron chi connectivity index (χ1n) is 8.01. The predicted octanol–water partition coefficient (Wildman–Crippen LogP) is 1.55. The topological polar surface area (TPSA) is 85.3 Å². The third-order valence-electron chi connectivity index (χ3n) is 3.74. The minimum Gasteiger partial charge on any atom is -0.376 e. The predicted molar refractivity (Wildman–Crippen MR) is 86.9 cm³/mol. The fourth-order valence-electron chi connectivity index (χ4n) is 2.25. The Bertz CT molecular complexity index is 556. The van der Waals surface area contributed by atoms with E-state index in [0.29, 0.717) is 12.2 Å². The van der Waals surface area contributed by atoms with Gasteiger partial charge in [0.1, 0.15) is 6.04 Å². The van der Waals surface area contributed by atoms with Gasteiger partial charge in [0.15, 0.2) is 0 Å². The molecule has 128 valence electrons. The van der Waals surface area contributed by atoms with Crippen molar-refractivity contribution >= 4 is 17.5 Å². The normalized spacial score (nSPS) is 19.4. The number of amides is 2. The largest absolute Gasteiger partial charge is 0.376 e. The Morgan fingerprint density at radius 3 is 2.83 bits per heavy atom. The monoisotopic (exact) mass is 322 g/mol. The number of ether oxygens (including phenoxy) is 1. The van der Waals surface area contributed by atoms with Gasteiger partial charge in [0.2, 0.25) is 11.8 Å². The van der Waals surface area contributed by atoms with Gasteiger partial charge >= 0.3 is 0 Å². The van der Waals surface area contributed by atoms with Crippen LogP contribution in [-0.4, -0.2) is 40.3 Å². The number of rotatable bonds is 5. The smallest absolute Gasteiger partial charge is 0.246 e. The van der Waals surface area contributed by atoms with Gasteiger partial charge in [0, 0.05) is 18.2 Å². The molecular weight excluding hydrogens is 296 g/mol. The lowest BCUT2D eigenvalue weighted by molar-refractivity contribution is -0.131. The number of nitrogens with zero attached hydrogens (tertiary/aromatic N) is 2. The van der Waals surface area contributed by atoms with Gasteiger partial charge in [-0.2, -0.15) is 5.10 Å². The van der Waals surface area contributed by atoms with Crippen molar-refractivity contribution < 1.29 is 14.3 Å². The fraction of sp³-hybridized carbons (Fsp3) is 0.688. The first-order valence-corrected chi connectivity index (χ1v) is 8.01. The van der Waals surface area contributed by atoms with E-state index in [2.05, 4.69) is 15.7 Å². The Labute approximate surface area is 136 Å². The van der Waals surface area contributed by atoms with Gasteiger partial charge in [-0.15, -0.1) is 0 Å². The molecule has 1 fully saturated rings. The average molecular weight is 322 g/mol. The molecule has 1 aliphatic rings. The summed E-state index contributed by atoms with van der Waals surface area (Å²) in [5, 5.41) is 9.70. The van der Waals surface area contributed by atoms with Crippen molar-refractivity contribution in [3.8, 4) is 0 Å². The van der Waals surface area contributed by atoms with Crippen LogP contribution in [0.5, 0.6) is 0 Å². The molecule has 0 bridgehead atoms. The molecule has 2 amide bonds. The summed E-state index contributed by atoms with van der Waals surface area (Å²) in [4.78, 5) is 24.0. The van der Waals surface area contributed by atoms with E-state index in [4.69, 9.17) is 4.74 Å². The van der Waals surface area contributed by atoms with Crippen molar-refractivity contribution in [3.05, 3.63) is 12.4 Å². The molecule has 2 atom stereocenters. The number of carbonyl (C=O) groups excluding carboxylic acids is 2. The number of hydrogen-bond acceptors (Lipinski definition) is 4. The summed E-state index contributed by atoms with van der Waals surface area (Å²) in [5.41, 5.74) is 0.0885. The van der Waals surface area contributed by atoms with Gasteiger partial charge in [-0.25, -0.2) is 0 Å². The van der Waals surface area contributed by atoms with E-state index in [1.54, 1.807) is 24.0 Å². The molecule has 2 N–H and O–H groups in total. The van der Waals surface area contributed by atoms with E-state index in [-0.39, 0.29) is 17.9 Å². The van der Waals surface area contributed by atoms with Crippen molar-refractivity contribution in [3.63, 3.8) is 0 Å². The van der Waals surface area contributed by atoms with Crippen molar-refractivity contribution in [2.75, 3.05) is 11.9 Å². The van der Waals surface area contributed by atoms with Crippen LogP contribution in [0.2, 0.25) is 0 Å². The molecule has 23 heavy (non-hydrogen) atoms. The van der Waals surface area contributed by atoms with Crippen molar-refractivity contribution in [1.29, 1.82) is 0 Å². The number of hydrogen-bond donors (Lipinski definition) is 2. The summed E-state index contributed by atoms with van der Waals surface area (Å²) in [7, 11) is 0. The lowest BCUT2D eigenvalue weighted by atomic mass is 9.95. The maximum atomic E-state index is 12.1. The third kappa shape index (κ3) is 5.06. The van der Waals surface area contributed by atoms with Crippen LogP contribution in [0.4, 0.5) is 5.69 Å². The van der Waals surface area contributed by atoms with Crippen LogP contribution in [0.25, 0.3) is 0 Å². The van der Waals surface area contributed by atoms with Gasteiger partial charge < -0.3 is 15.4 Å². The SMILES string of the molecule is CC(NC(=O)C(C)(C)C)C(=O)Nc1cnn(CC2CCCO2)c1. The van der Waals surface area contributed by atoms with Crippen molar-refractivity contribution in [2.24, 2.45) is 5.41 Å². The molecule has 7 nitrogen and oxygen atoms in total. The summed E-state index contributed by atoms with van der Waals surface area (Å²) in [5.74, 6) is -0.423. The van der Waals surface area contributed by atoms with Gasteiger partial charge in [-0.05, 0) is 19.8 Å². The second-order valence-electron chi connectivity index (χ2n) is 7.02. The highest BCUT2D eigenvalue weighted by atomic mass is 16.5. The molecule has 1 aliphatic heterocycles. The van der Waals surface area contributed by atoms with Crippen molar-refractivity contribution in [2.45, 2.75) is 59.2 Å². The van der Waals surface area contributed by atoms with Crippen LogP contribution in [-0.2, 0) is 20.9 Å². The lowest BCUT2D eigenvalue weighted by Crippen LogP contribution is -2.46. The minimum atomic E-state index is -0.608. The fourth-order valence-corrected chi connectivity index (χ4v) is 2.25. The molecule has 2 unspecified atom stereocenters. The van der Waals surface area contributed by atoms with Gasteiger partial charge in [0.05, 0.1) is 24.5 Å². The number of aromatic nitrogens is 2. The Morgan fingerprint density at radius 1 is 1.48 bits per heavy atom. The molecule has 0 aliphatic carbocycles. The number of carbonyl (C=O) groups is 2. The molecule has 1 aromatic rings. The molecule has 2 rings (SSSR count). The molecule has 0 radical (unpaired) electrons. The van der Waals surface area contributed by atoms with Crippen molar-refractivity contribution in [1.82, 2.24) is 15.1 Å². The molecule has 1 aromatic heterocycles. The first-order chi connectivity index (χ1) is 10.8. The molecule has 2 heterocycles. The minimum absolute atomic E-state index is 0.158. The van der Waals surface area contributed by atoms with Gasteiger partial charge in [0.25, 0.3) is 0 Å². The van der Waals surface area contributed by atoms with Crippen LogP contribution < -0.4 is 10.6 Å². The quantitative estimate of drug-likeness (QED) is 0.861. The maximum absolute atomic E-state index is 12.1. The zero-order chi connectivity index (χ0) is 17.0. The molecule has 0 spiro atoms. The molecule has 7 heteroatoms. The highest BCUT2D eigenvalue weighted by molar-refractivity contribution is 5.97. The van der Waals surface area contributed by atoms with Gasteiger partial charge in [-0.3, -0.25) is 14.3 Å². The van der Waals surface area contributed by atoms with E-state index >= 15 is 0 Å². The lowest BCUT2D eigenvalue weighted by Gasteiger charge is -2.21. The summed E-state index contributed by atoms with van der Waals surface area (Å²) in [6.07, 6.45) is 5.70. The third-order valence-corrected chi connectivity index (χ3v) is 3.74.